The third kappa shape index (κ3) is 5.07. The number of rotatable bonds is 8. The molecule has 2 nitrogen and oxygen atoms in total. The summed E-state index contributed by atoms with van der Waals surface area (Å²) in [4.78, 5) is 2.29. The molecule has 0 fully saturated rings. The summed E-state index contributed by atoms with van der Waals surface area (Å²) in [7, 11) is 0. The zero-order valence-corrected chi connectivity index (χ0v) is 21.6. The Morgan fingerprint density at radius 1 is 0.486 bits per heavy atom. The lowest BCUT2D eigenvalue weighted by Gasteiger charge is -2.27. The standard InChI is InChI=1S/C35H34N2/c1-3-35(36,4-2)29-23-19-27(20-24-29)33-17-11-12-18-34(33)28-21-25-32(26-22-28)37(30-13-7-5-8-14-30)31-15-9-6-10-16-31/h5-26H,3-4,36H2,1-2H3. The van der Waals surface area contributed by atoms with E-state index >= 15 is 0 Å². The Morgan fingerprint density at radius 2 is 0.865 bits per heavy atom. The Bertz CT molecular complexity index is 1380. The van der Waals surface area contributed by atoms with Crippen molar-refractivity contribution in [2.24, 2.45) is 5.73 Å². The van der Waals surface area contributed by atoms with Gasteiger partial charge in [-0.05, 0) is 77.1 Å². The molecule has 0 unspecified atom stereocenters. The van der Waals surface area contributed by atoms with Gasteiger partial charge in [-0.15, -0.1) is 0 Å². The molecule has 0 aliphatic rings. The predicted molar refractivity (Wildman–Crippen MR) is 158 cm³/mol. The molecule has 37 heavy (non-hydrogen) atoms. The van der Waals surface area contributed by atoms with Crippen LogP contribution in [0.15, 0.2) is 133 Å². The SMILES string of the molecule is CCC(N)(CC)c1ccc(-c2ccccc2-c2ccc(N(c3ccccc3)c3ccccc3)cc2)cc1. The molecule has 5 rings (SSSR count). The highest BCUT2D eigenvalue weighted by Gasteiger charge is 2.22. The number of benzene rings is 5. The van der Waals surface area contributed by atoms with Gasteiger partial charge in [-0.1, -0.05) is 111 Å². The van der Waals surface area contributed by atoms with Crippen molar-refractivity contribution in [1.29, 1.82) is 0 Å². The smallest absolute Gasteiger partial charge is 0.0462 e. The molecule has 0 atom stereocenters. The first-order valence-electron chi connectivity index (χ1n) is 13.1. The predicted octanol–water partition coefficient (Wildman–Crippen LogP) is 9.46. The number of nitrogens with zero attached hydrogens (tertiary/aromatic N) is 1. The van der Waals surface area contributed by atoms with E-state index in [0.717, 1.165) is 29.9 Å². The van der Waals surface area contributed by atoms with E-state index in [-0.39, 0.29) is 5.54 Å². The quantitative estimate of drug-likeness (QED) is 0.239. The molecule has 5 aromatic carbocycles. The van der Waals surface area contributed by atoms with Crippen LogP contribution < -0.4 is 10.6 Å². The van der Waals surface area contributed by atoms with Crippen molar-refractivity contribution in [2.45, 2.75) is 32.2 Å². The van der Waals surface area contributed by atoms with Crippen molar-refractivity contribution in [3.8, 4) is 22.3 Å². The van der Waals surface area contributed by atoms with E-state index < -0.39 is 0 Å². The molecule has 2 heteroatoms. The molecule has 0 amide bonds. The van der Waals surface area contributed by atoms with Crippen LogP contribution in [0.5, 0.6) is 0 Å². The second-order valence-corrected chi connectivity index (χ2v) is 9.54. The number of para-hydroxylation sites is 2. The maximum atomic E-state index is 6.65. The minimum atomic E-state index is -0.267. The van der Waals surface area contributed by atoms with Crippen molar-refractivity contribution < 1.29 is 0 Å². The van der Waals surface area contributed by atoms with E-state index in [4.69, 9.17) is 5.73 Å². The topological polar surface area (TPSA) is 29.3 Å². The molecule has 0 aliphatic heterocycles. The molecule has 2 N–H and O–H groups in total. The second kappa shape index (κ2) is 10.9. The molecule has 0 spiro atoms. The van der Waals surface area contributed by atoms with Crippen molar-refractivity contribution in [2.75, 3.05) is 4.90 Å². The molecule has 5 aromatic rings. The maximum absolute atomic E-state index is 6.65. The van der Waals surface area contributed by atoms with E-state index in [1.807, 2.05) is 0 Å². The van der Waals surface area contributed by atoms with Gasteiger partial charge in [0.05, 0.1) is 0 Å². The third-order valence-electron chi connectivity index (χ3n) is 7.42. The normalized spacial score (nSPS) is 11.3. The fraction of sp³-hybridized carbons (Fsp3) is 0.143. The van der Waals surface area contributed by atoms with Gasteiger partial charge in [-0.2, -0.15) is 0 Å². The van der Waals surface area contributed by atoms with Crippen molar-refractivity contribution in [3.05, 3.63) is 139 Å². The maximum Gasteiger partial charge on any atom is 0.0462 e. The second-order valence-electron chi connectivity index (χ2n) is 9.54. The number of nitrogens with two attached hydrogens (primary N) is 1. The van der Waals surface area contributed by atoms with Crippen LogP contribution >= 0.6 is 0 Å². The minimum Gasteiger partial charge on any atom is -0.321 e. The van der Waals surface area contributed by atoms with Gasteiger partial charge in [-0.25, -0.2) is 0 Å². The average Bonchev–Trinajstić information content (AvgIpc) is 2.98. The Labute approximate surface area is 221 Å². The van der Waals surface area contributed by atoms with E-state index in [2.05, 4.69) is 152 Å². The summed E-state index contributed by atoms with van der Waals surface area (Å²) in [6.07, 6.45) is 1.85. The first-order chi connectivity index (χ1) is 18.1. The first kappa shape index (κ1) is 24.5. The fourth-order valence-electron chi connectivity index (χ4n) is 5.02. The van der Waals surface area contributed by atoms with Gasteiger partial charge in [0.25, 0.3) is 0 Å². The lowest BCUT2D eigenvalue weighted by Crippen LogP contribution is -2.34. The van der Waals surface area contributed by atoms with Gasteiger partial charge in [0.1, 0.15) is 0 Å². The molecule has 0 saturated heterocycles. The largest absolute Gasteiger partial charge is 0.321 e. The van der Waals surface area contributed by atoms with Gasteiger partial charge in [0.15, 0.2) is 0 Å². The number of anilines is 3. The first-order valence-corrected chi connectivity index (χ1v) is 13.1. The Kier molecular flexibility index (Phi) is 7.20. The van der Waals surface area contributed by atoms with Gasteiger partial charge in [0, 0.05) is 22.6 Å². The van der Waals surface area contributed by atoms with Crippen molar-refractivity contribution in [1.82, 2.24) is 0 Å². The number of hydrogen-bond donors (Lipinski definition) is 1. The monoisotopic (exact) mass is 482 g/mol. The summed E-state index contributed by atoms with van der Waals surface area (Å²) in [6, 6.07) is 47.3. The van der Waals surface area contributed by atoms with Crippen LogP contribution in [0.1, 0.15) is 32.3 Å². The molecule has 0 radical (unpaired) electrons. The molecule has 184 valence electrons. The van der Waals surface area contributed by atoms with Crippen LogP contribution in [0, 0.1) is 0 Å². The molecular weight excluding hydrogens is 448 g/mol. The van der Waals surface area contributed by atoms with Gasteiger partial charge < -0.3 is 10.6 Å². The fourth-order valence-corrected chi connectivity index (χ4v) is 5.02. The van der Waals surface area contributed by atoms with E-state index in [9.17, 15) is 0 Å². The van der Waals surface area contributed by atoms with E-state index in [1.165, 1.54) is 27.8 Å². The zero-order valence-electron chi connectivity index (χ0n) is 21.6. The van der Waals surface area contributed by atoms with E-state index in [0.29, 0.717) is 0 Å². The van der Waals surface area contributed by atoms with Gasteiger partial charge >= 0.3 is 0 Å². The molecule has 0 heterocycles. The van der Waals surface area contributed by atoms with Gasteiger partial charge in [-0.3, -0.25) is 0 Å². The Morgan fingerprint density at radius 3 is 1.30 bits per heavy atom. The van der Waals surface area contributed by atoms with E-state index in [1.54, 1.807) is 0 Å². The van der Waals surface area contributed by atoms with Crippen molar-refractivity contribution in [3.63, 3.8) is 0 Å². The van der Waals surface area contributed by atoms with Crippen LogP contribution in [0.3, 0.4) is 0 Å². The summed E-state index contributed by atoms with van der Waals surface area (Å²) in [6.45, 7) is 4.32. The molecule has 0 bridgehead atoms. The highest BCUT2D eigenvalue weighted by Crippen LogP contribution is 2.38. The summed E-state index contributed by atoms with van der Waals surface area (Å²) >= 11 is 0. The van der Waals surface area contributed by atoms with Crippen LogP contribution in [0.4, 0.5) is 17.1 Å². The Hall–Kier alpha value is -4.14. The third-order valence-corrected chi connectivity index (χ3v) is 7.42. The lowest BCUT2D eigenvalue weighted by molar-refractivity contribution is 0.413. The van der Waals surface area contributed by atoms with Crippen LogP contribution in [0.2, 0.25) is 0 Å². The molecule has 0 aliphatic carbocycles. The average molecular weight is 483 g/mol. The van der Waals surface area contributed by atoms with Crippen LogP contribution in [-0.2, 0) is 5.54 Å². The van der Waals surface area contributed by atoms with Crippen LogP contribution in [0.25, 0.3) is 22.3 Å². The van der Waals surface area contributed by atoms with Crippen LogP contribution in [-0.4, -0.2) is 0 Å². The summed E-state index contributed by atoms with van der Waals surface area (Å²) in [5, 5.41) is 0. The lowest BCUT2D eigenvalue weighted by atomic mass is 9.84. The summed E-state index contributed by atoms with van der Waals surface area (Å²) in [5.74, 6) is 0. The molecule has 0 saturated carbocycles. The highest BCUT2D eigenvalue weighted by atomic mass is 15.1. The minimum absolute atomic E-state index is 0.267. The summed E-state index contributed by atoms with van der Waals surface area (Å²) < 4.78 is 0. The number of hydrogen-bond acceptors (Lipinski definition) is 2. The summed E-state index contributed by atoms with van der Waals surface area (Å²) in [5.41, 5.74) is 15.8. The Balaban J connectivity index is 1.50. The molecular formula is C35H34N2. The van der Waals surface area contributed by atoms with Crippen molar-refractivity contribution >= 4 is 17.1 Å². The zero-order chi connectivity index (χ0) is 25.7. The van der Waals surface area contributed by atoms with Gasteiger partial charge in [0.2, 0.25) is 0 Å². The highest BCUT2D eigenvalue weighted by molar-refractivity contribution is 5.85. The molecule has 0 aromatic heterocycles.